The summed E-state index contributed by atoms with van der Waals surface area (Å²) in [5.74, 6) is -1.54. The predicted octanol–water partition coefficient (Wildman–Crippen LogP) is 1.38. The molecule has 0 aliphatic rings. The van der Waals surface area contributed by atoms with Crippen molar-refractivity contribution in [3.63, 3.8) is 0 Å². The van der Waals surface area contributed by atoms with Gasteiger partial charge in [-0.2, -0.15) is 0 Å². The van der Waals surface area contributed by atoms with Gasteiger partial charge in [-0.05, 0) is 12.1 Å². The number of methoxy groups -OCH3 is 1. The minimum atomic E-state index is -0.801. The van der Waals surface area contributed by atoms with Crippen LogP contribution in [0.3, 0.4) is 0 Å². The summed E-state index contributed by atoms with van der Waals surface area (Å²) in [7, 11) is 1.16. The number of hydrogen-bond acceptors (Lipinski definition) is 5. The first-order valence-electron chi connectivity index (χ1n) is 3.73. The molecule has 0 saturated heterocycles. The molecule has 1 rings (SSSR count). The molecule has 0 amide bonds. The quantitative estimate of drug-likeness (QED) is 0.362. The molecule has 0 fully saturated rings. The summed E-state index contributed by atoms with van der Waals surface area (Å²) in [6.07, 6.45) is 0. The largest absolute Gasteiger partial charge is 0.464 e. The van der Waals surface area contributed by atoms with Crippen LogP contribution in [0.25, 0.3) is 0 Å². The van der Waals surface area contributed by atoms with Crippen LogP contribution in [-0.2, 0) is 4.74 Å². The second-order valence-corrected chi connectivity index (χ2v) is 2.77. The Kier molecular flexibility index (Phi) is 3.56. The number of carbonyl (C=O) groups is 1. The van der Waals surface area contributed by atoms with Gasteiger partial charge < -0.3 is 9.94 Å². The summed E-state index contributed by atoms with van der Waals surface area (Å²) >= 11 is 5.36. The Hall–Kier alpha value is -1.69. The zero-order chi connectivity index (χ0) is 11.4. The molecule has 0 spiro atoms. The van der Waals surface area contributed by atoms with Gasteiger partial charge in [0.2, 0.25) is 0 Å². The number of pyridine rings is 1. The van der Waals surface area contributed by atoms with Gasteiger partial charge in [-0.1, -0.05) is 16.8 Å². The molecule has 7 heteroatoms. The van der Waals surface area contributed by atoms with Crippen molar-refractivity contribution in [3.8, 4) is 0 Å². The third-order valence-corrected chi connectivity index (χ3v) is 1.78. The van der Waals surface area contributed by atoms with E-state index in [4.69, 9.17) is 16.8 Å². The van der Waals surface area contributed by atoms with Crippen LogP contribution >= 0.6 is 11.6 Å². The van der Waals surface area contributed by atoms with E-state index in [1.807, 2.05) is 0 Å². The first-order valence-corrected chi connectivity index (χ1v) is 4.10. The van der Waals surface area contributed by atoms with Gasteiger partial charge in [0.25, 0.3) is 0 Å². The monoisotopic (exact) mass is 232 g/mol. The maximum absolute atomic E-state index is 13.1. The Morgan fingerprint density at radius 1 is 1.67 bits per heavy atom. The molecule has 0 saturated carbocycles. The van der Waals surface area contributed by atoms with Gasteiger partial charge in [0.15, 0.2) is 11.0 Å². The maximum Gasteiger partial charge on any atom is 0.356 e. The summed E-state index contributed by atoms with van der Waals surface area (Å²) in [6, 6.07) is 2.11. The minimum absolute atomic E-state index is 0.129. The number of rotatable bonds is 2. The van der Waals surface area contributed by atoms with Crippen LogP contribution in [0.4, 0.5) is 4.39 Å². The fourth-order valence-corrected chi connectivity index (χ4v) is 0.985. The Bertz CT molecular complexity index is 422. The molecular weight excluding hydrogens is 227 g/mol. The van der Waals surface area contributed by atoms with E-state index in [1.165, 1.54) is 0 Å². The lowest BCUT2D eigenvalue weighted by molar-refractivity contribution is 0.0594. The van der Waals surface area contributed by atoms with Crippen molar-refractivity contribution in [2.24, 2.45) is 5.16 Å². The van der Waals surface area contributed by atoms with Gasteiger partial charge in [-0.15, -0.1) is 0 Å². The van der Waals surface area contributed by atoms with Crippen LogP contribution in [0, 0.1) is 5.82 Å². The van der Waals surface area contributed by atoms with E-state index in [2.05, 4.69) is 14.9 Å². The summed E-state index contributed by atoms with van der Waals surface area (Å²) in [5, 5.41) is 10.4. The smallest absolute Gasteiger partial charge is 0.356 e. The molecule has 1 aromatic rings. The van der Waals surface area contributed by atoms with E-state index < -0.39 is 22.7 Å². The predicted molar refractivity (Wildman–Crippen MR) is 49.7 cm³/mol. The van der Waals surface area contributed by atoms with Crippen molar-refractivity contribution < 1.29 is 19.1 Å². The molecule has 0 aliphatic heterocycles. The van der Waals surface area contributed by atoms with Crippen LogP contribution < -0.4 is 0 Å². The lowest BCUT2D eigenvalue weighted by Crippen LogP contribution is -2.09. The highest BCUT2D eigenvalue weighted by Gasteiger charge is 2.15. The minimum Gasteiger partial charge on any atom is -0.464 e. The summed E-state index contributed by atoms with van der Waals surface area (Å²) < 4.78 is 17.5. The first kappa shape index (κ1) is 11.4. The number of hydrogen-bond donors (Lipinski definition) is 1. The van der Waals surface area contributed by atoms with Crippen LogP contribution in [0.15, 0.2) is 17.3 Å². The SMILES string of the molecule is COC(=O)c1ccc(F)c(/C(Cl)=N/O)n1. The van der Waals surface area contributed by atoms with Crippen LogP contribution in [0.5, 0.6) is 0 Å². The topological polar surface area (TPSA) is 71.8 Å². The highest BCUT2D eigenvalue weighted by atomic mass is 35.5. The van der Waals surface area contributed by atoms with Crippen molar-refractivity contribution in [2.45, 2.75) is 0 Å². The van der Waals surface area contributed by atoms with Gasteiger partial charge in [0.05, 0.1) is 7.11 Å². The number of nitrogens with zero attached hydrogens (tertiary/aromatic N) is 2. The molecule has 0 aliphatic carbocycles. The fraction of sp³-hybridized carbons (Fsp3) is 0.125. The van der Waals surface area contributed by atoms with E-state index >= 15 is 0 Å². The standard InChI is InChI=1S/C8H6ClFN2O3/c1-15-8(13)5-3-2-4(10)6(11-5)7(9)12-14/h2-3,14H,1H3/b12-7-. The molecule has 1 N–H and O–H groups in total. The molecule has 15 heavy (non-hydrogen) atoms. The number of ether oxygens (including phenoxy) is 1. The number of esters is 1. The number of oxime groups is 1. The summed E-state index contributed by atoms with van der Waals surface area (Å²) in [5.41, 5.74) is -0.544. The number of halogens is 2. The number of carbonyl (C=O) groups excluding carboxylic acids is 1. The van der Waals surface area contributed by atoms with Gasteiger partial charge in [0, 0.05) is 0 Å². The highest BCUT2D eigenvalue weighted by molar-refractivity contribution is 6.69. The Morgan fingerprint density at radius 3 is 2.87 bits per heavy atom. The van der Waals surface area contributed by atoms with Crippen LogP contribution in [0.2, 0.25) is 0 Å². The lowest BCUT2D eigenvalue weighted by Gasteiger charge is -2.01. The molecular formula is C8H6ClFN2O3. The van der Waals surface area contributed by atoms with Gasteiger partial charge in [-0.3, -0.25) is 0 Å². The van der Waals surface area contributed by atoms with Crippen molar-refractivity contribution in [1.82, 2.24) is 4.98 Å². The van der Waals surface area contributed by atoms with E-state index in [0.717, 1.165) is 19.2 Å². The van der Waals surface area contributed by atoms with Crippen LogP contribution in [-0.4, -0.2) is 28.4 Å². The molecule has 0 radical (unpaired) electrons. The van der Waals surface area contributed by atoms with Crippen molar-refractivity contribution in [3.05, 3.63) is 29.3 Å². The Labute approximate surface area is 89.1 Å². The van der Waals surface area contributed by atoms with E-state index in [0.29, 0.717) is 0 Å². The molecule has 1 heterocycles. The van der Waals surface area contributed by atoms with E-state index in [1.54, 1.807) is 0 Å². The van der Waals surface area contributed by atoms with E-state index in [9.17, 15) is 9.18 Å². The summed E-state index contributed by atoms with van der Waals surface area (Å²) in [6.45, 7) is 0. The van der Waals surface area contributed by atoms with Crippen molar-refractivity contribution >= 4 is 22.7 Å². The third-order valence-electron chi connectivity index (χ3n) is 1.52. The van der Waals surface area contributed by atoms with Crippen LogP contribution in [0.1, 0.15) is 16.2 Å². The molecule has 80 valence electrons. The van der Waals surface area contributed by atoms with Gasteiger partial charge in [-0.25, -0.2) is 14.2 Å². The third kappa shape index (κ3) is 2.41. The lowest BCUT2D eigenvalue weighted by atomic mass is 10.3. The Balaban J connectivity index is 3.22. The zero-order valence-corrected chi connectivity index (χ0v) is 8.32. The highest BCUT2D eigenvalue weighted by Crippen LogP contribution is 2.10. The molecule has 1 aromatic heterocycles. The summed E-state index contributed by atoms with van der Waals surface area (Å²) in [4.78, 5) is 14.6. The van der Waals surface area contributed by atoms with E-state index in [-0.39, 0.29) is 5.69 Å². The normalized spacial score (nSPS) is 11.3. The second-order valence-electron chi connectivity index (χ2n) is 2.41. The average molecular weight is 233 g/mol. The zero-order valence-electron chi connectivity index (χ0n) is 7.57. The second kappa shape index (κ2) is 4.70. The van der Waals surface area contributed by atoms with Crippen molar-refractivity contribution in [1.29, 1.82) is 0 Å². The molecule has 0 bridgehead atoms. The Morgan fingerprint density at radius 2 is 2.33 bits per heavy atom. The molecule has 0 atom stereocenters. The fourth-order valence-electron chi connectivity index (χ4n) is 0.852. The average Bonchev–Trinajstić information content (AvgIpc) is 2.27. The van der Waals surface area contributed by atoms with Gasteiger partial charge >= 0.3 is 5.97 Å². The first-order chi connectivity index (χ1) is 7.10. The maximum atomic E-state index is 13.1. The van der Waals surface area contributed by atoms with Gasteiger partial charge in [0.1, 0.15) is 11.4 Å². The molecule has 0 aromatic carbocycles. The molecule has 0 unspecified atom stereocenters. The molecule has 5 nitrogen and oxygen atoms in total. The number of aromatic nitrogens is 1. The van der Waals surface area contributed by atoms with Crippen molar-refractivity contribution in [2.75, 3.05) is 7.11 Å².